The number of anilines is 1. The molecule has 4 nitrogen and oxygen atoms in total. The lowest BCUT2D eigenvalue weighted by Gasteiger charge is -2.12. The molecule has 0 bridgehead atoms. The van der Waals surface area contributed by atoms with Gasteiger partial charge in [0, 0.05) is 12.2 Å². The summed E-state index contributed by atoms with van der Waals surface area (Å²) >= 11 is 5.35. The fourth-order valence-electron chi connectivity index (χ4n) is 2.37. The molecule has 0 atom stereocenters. The van der Waals surface area contributed by atoms with Gasteiger partial charge in [-0.05, 0) is 66.3 Å². The molecule has 0 aliphatic rings. The summed E-state index contributed by atoms with van der Waals surface area (Å²) in [6, 6.07) is 25.2. The van der Waals surface area contributed by atoms with E-state index in [1.54, 1.807) is 7.11 Å². The van der Waals surface area contributed by atoms with Crippen LogP contribution < -0.4 is 20.1 Å². The first-order valence-corrected chi connectivity index (χ1v) is 8.64. The number of benzene rings is 3. The van der Waals surface area contributed by atoms with Gasteiger partial charge < -0.3 is 20.1 Å². The quantitative estimate of drug-likeness (QED) is 0.604. The van der Waals surface area contributed by atoms with Crippen LogP contribution in [0.5, 0.6) is 17.2 Å². The maximum Gasteiger partial charge on any atom is 0.171 e. The Bertz CT molecular complexity index is 851. The number of thiocarbonyl (C=S) groups is 1. The summed E-state index contributed by atoms with van der Waals surface area (Å²) in [6.45, 7) is 0.623. The van der Waals surface area contributed by atoms with Crippen molar-refractivity contribution in [3.05, 3.63) is 84.4 Å². The molecule has 0 aliphatic heterocycles. The maximum absolute atomic E-state index is 5.78. The van der Waals surface area contributed by atoms with E-state index in [0.29, 0.717) is 11.7 Å². The van der Waals surface area contributed by atoms with E-state index >= 15 is 0 Å². The smallest absolute Gasteiger partial charge is 0.171 e. The second-order valence-corrected chi connectivity index (χ2v) is 6.01. The zero-order valence-corrected chi connectivity index (χ0v) is 15.3. The number of nitrogens with one attached hydrogen (secondary N) is 2. The van der Waals surface area contributed by atoms with Gasteiger partial charge in [0.15, 0.2) is 5.11 Å². The summed E-state index contributed by atoms with van der Waals surface area (Å²) in [4.78, 5) is 0. The molecular weight excluding hydrogens is 344 g/mol. The number of hydrogen-bond donors (Lipinski definition) is 2. The number of rotatable bonds is 6. The Hall–Kier alpha value is -3.05. The third kappa shape index (κ3) is 5.22. The molecule has 2 N–H and O–H groups in total. The summed E-state index contributed by atoms with van der Waals surface area (Å²) in [5.74, 6) is 2.41. The van der Waals surface area contributed by atoms with Gasteiger partial charge in [-0.15, -0.1) is 0 Å². The zero-order chi connectivity index (χ0) is 18.2. The van der Waals surface area contributed by atoms with Gasteiger partial charge in [-0.2, -0.15) is 0 Å². The van der Waals surface area contributed by atoms with Crippen molar-refractivity contribution in [2.24, 2.45) is 0 Å². The zero-order valence-electron chi connectivity index (χ0n) is 14.4. The molecule has 5 heteroatoms. The summed E-state index contributed by atoms with van der Waals surface area (Å²) in [6.07, 6.45) is 0. The van der Waals surface area contributed by atoms with Gasteiger partial charge in [-0.25, -0.2) is 0 Å². The van der Waals surface area contributed by atoms with Crippen LogP contribution in [0.3, 0.4) is 0 Å². The van der Waals surface area contributed by atoms with Crippen LogP contribution in [0.4, 0.5) is 5.69 Å². The molecule has 26 heavy (non-hydrogen) atoms. The summed E-state index contributed by atoms with van der Waals surface area (Å²) < 4.78 is 11.0. The highest BCUT2D eigenvalue weighted by Gasteiger charge is 2.01. The molecule has 0 radical (unpaired) electrons. The van der Waals surface area contributed by atoms with E-state index in [1.807, 2.05) is 78.9 Å². The van der Waals surface area contributed by atoms with E-state index in [-0.39, 0.29) is 0 Å². The average Bonchev–Trinajstić information content (AvgIpc) is 2.69. The second-order valence-electron chi connectivity index (χ2n) is 5.60. The van der Waals surface area contributed by atoms with Crippen LogP contribution >= 0.6 is 12.2 Å². The van der Waals surface area contributed by atoms with Gasteiger partial charge in [0.25, 0.3) is 0 Å². The van der Waals surface area contributed by atoms with Crippen LogP contribution in [0.2, 0.25) is 0 Å². The fraction of sp³-hybridized carbons (Fsp3) is 0.0952. The van der Waals surface area contributed by atoms with E-state index in [4.69, 9.17) is 21.7 Å². The first-order chi connectivity index (χ1) is 12.7. The molecule has 0 fully saturated rings. The highest BCUT2D eigenvalue weighted by molar-refractivity contribution is 7.80. The molecule has 3 rings (SSSR count). The highest BCUT2D eigenvalue weighted by atomic mass is 32.1. The minimum Gasteiger partial charge on any atom is -0.497 e. The van der Waals surface area contributed by atoms with Gasteiger partial charge in [-0.3, -0.25) is 0 Å². The topological polar surface area (TPSA) is 42.5 Å². The molecule has 0 aliphatic carbocycles. The number of para-hydroxylation sites is 1. The normalized spacial score (nSPS) is 10.0. The predicted molar refractivity (Wildman–Crippen MR) is 109 cm³/mol. The lowest BCUT2D eigenvalue weighted by molar-refractivity contribution is 0.414. The monoisotopic (exact) mass is 364 g/mol. The summed E-state index contributed by atoms with van der Waals surface area (Å²) in [5, 5.41) is 6.91. The second kappa shape index (κ2) is 8.87. The van der Waals surface area contributed by atoms with Crippen molar-refractivity contribution in [2.75, 3.05) is 12.4 Å². The Morgan fingerprint density at radius 1 is 0.846 bits per heavy atom. The molecule has 0 saturated carbocycles. The van der Waals surface area contributed by atoms with Crippen molar-refractivity contribution >= 4 is 23.0 Å². The van der Waals surface area contributed by atoms with E-state index < -0.39 is 0 Å². The minimum absolute atomic E-state index is 0.560. The first-order valence-electron chi connectivity index (χ1n) is 8.24. The molecule has 0 saturated heterocycles. The van der Waals surface area contributed by atoms with Crippen molar-refractivity contribution in [1.82, 2.24) is 5.32 Å². The largest absolute Gasteiger partial charge is 0.497 e. The molecule has 0 spiro atoms. The molecule has 0 aromatic heterocycles. The Balaban J connectivity index is 1.51. The van der Waals surface area contributed by atoms with Crippen molar-refractivity contribution < 1.29 is 9.47 Å². The third-order valence-electron chi connectivity index (χ3n) is 3.68. The molecule has 3 aromatic carbocycles. The van der Waals surface area contributed by atoms with Gasteiger partial charge in [0.2, 0.25) is 0 Å². The van der Waals surface area contributed by atoms with E-state index in [0.717, 1.165) is 28.5 Å². The van der Waals surface area contributed by atoms with Crippen molar-refractivity contribution in [3.8, 4) is 17.2 Å². The summed E-state index contributed by atoms with van der Waals surface area (Å²) in [5.41, 5.74) is 1.99. The Labute approximate surface area is 158 Å². The van der Waals surface area contributed by atoms with Crippen molar-refractivity contribution in [1.29, 1.82) is 0 Å². The van der Waals surface area contributed by atoms with Gasteiger partial charge >= 0.3 is 0 Å². The molecule has 0 heterocycles. The third-order valence-corrected chi connectivity index (χ3v) is 3.92. The van der Waals surface area contributed by atoms with Gasteiger partial charge in [0.05, 0.1) is 7.11 Å². The molecule has 3 aromatic rings. The van der Waals surface area contributed by atoms with Crippen molar-refractivity contribution in [3.63, 3.8) is 0 Å². The lowest BCUT2D eigenvalue weighted by atomic mass is 10.2. The van der Waals surface area contributed by atoms with Crippen LogP contribution in [-0.2, 0) is 6.54 Å². The Morgan fingerprint density at radius 2 is 1.54 bits per heavy atom. The fourth-order valence-corrected chi connectivity index (χ4v) is 2.56. The van der Waals surface area contributed by atoms with E-state index in [9.17, 15) is 0 Å². The van der Waals surface area contributed by atoms with Crippen LogP contribution in [-0.4, -0.2) is 12.2 Å². The van der Waals surface area contributed by atoms with Crippen molar-refractivity contribution in [2.45, 2.75) is 6.54 Å². The average molecular weight is 364 g/mol. The lowest BCUT2D eigenvalue weighted by Crippen LogP contribution is -2.27. The van der Waals surface area contributed by atoms with Crippen LogP contribution in [0.25, 0.3) is 0 Å². The van der Waals surface area contributed by atoms with Gasteiger partial charge in [0.1, 0.15) is 17.2 Å². The Kier molecular flexibility index (Phi) is 6.06. The number of hydrogen-bond acceptors (Lipinski definition) is 3. The Morgan fingerprint density at radius 3 is 2.27 bits per heavy atom. The molecule has 0 unspecified atom stereocenters. The van der Waals surface area contributed by atoms with Crippen LogP contribution in [0.15, 0.2) is 78.9 Å². The standard InChI is InChI=1S/C21H20N2O2S/c1-24-20-9-5-6-16(14-20)15-22-21(26)23-17-10-12-19(13-11-17)25-18-7-3-2-4-8-18/h2-14H,15H2,1H3,(H2,22,23,26). The predicted octanol–water partition coefficient (Wildman–Crippen LogP) is 4.97. The van der Waals surface area contributed by atoms with E-state index in [1.165, 1.54) is 0 Å². The molecule has 0 amide bonds. The highest BCUT2D eigenvalue weighted by Crippen LogP contribution is 2.22. The van der Waals surface area contributed by atoms with E-state index in [2.05, 4.69) is 10.6 Å². The molecular formula is C21H20N2O2S. The summed E-state index contributed by atoms with van der Waals surface area (Å²) in [7, 11) is 1.66. The first kappa shape index (κ1) is 17.8. The SMILES string of the molecule is COc1cccc(CNC(=S)Nc2ccc(Oc3ccccc3)cc2)c1. The van der Waals surface area contributed by atoms with Gasteiger partial charge in [-0.1, -0.05) is 30.3 Å². The minimum atomic E-state index is 0.560. The molecule has 132 valence electrons. The number of ether oxygens (including phenoxy) is 2. The maximum atomic E-state index is 5.78. The number of methoxy groups -OCH3 is 1. The van der Waals surface area contributed by atoms with Crippen LogP contribution in [0, 0.1) is 0 Å². The van der Waals surface area contributed by atoms with Crippen LogP contribution in [0.1, 0.15) is 5.56 Å².